The van der Waals surface area contributed by atoms with Crippen LogP contribution in [0.25, 0.3) is 0 Å². The number of carbonyl (C=O) groups is 2. The number of primary amides is 1. The zero-order chi connectivity index (χ0) is 18.9. The minimum atomic E-state index is -0.509. The Kier molecular flexibility index (Phi) is 7.25. The molecule has 0 aromatic heterocycles. The quantitative estimate of drug-likeness (QED) is 0.476. The number of carbonyl (C=O) groups excluding carboxylic acids is 2. The molecule has 8 heteroatoms. The van der Waals surface area contributed by atoms with Crippen molar-refractivity contribution in [3.63, 3.8) is 0 Å². The van der Waals surface area contributed by atoms with Gasteiger partial charge in [-0.1, -0.05) is 19.1 Å². The number of aliphatic imine (C=N–C) groups is 1. The summed E-state index contributed by atoms with van der Waals surface area (Å²) in [4.78, 5) is 28.7. The van der Waals surface area contributed by atoms with E-state index in [0.717, 1.165) is 18.5 Å². The molecule has 1 aromatic rings. The fourth-order valence-electron chi connectivity index (χ4n) is 2.80. The van der Waals surface area contributed by atoms with Crippen LogP contribution in [0.5, 0.6) is 5.75 Å². The summed E-state index contributed by atoms with van der Waals surface area (Å²) in [5.74, 6) is 0.954. The number of likely N-dealkylation sites (tertiary alicyclic amines) is 1. The van der Waals surface area contributed by atoms with Crippen molar-refractivity contribution in [2.45, 2.75) is 32.4 Å². The summed E-state index contributed by atoms with van der Waals surface area (Å²) in [5.41, 5.74) is 6.07. The summed E-state index contributed by atoms with van der Waals surface area (Å²) in [6.07, 6.45) is 1.44. The van der Waals surface area contributed by atoms with E-state index in [1.165, 1.54) is 0 Å². The third kappa shape index (κ3) is 5.94. The Bertz CT molecular complexity index is 662. The number of ether oxygens (including phenoxy) is 1. The third-order valence-electron chi connectivity index (χ3n) is 4.15. The van der Waals surface area contributed by atoms with Gasteiger partial charge in [-0.15, -0.1) is 0 Å². The maximum Gasteiger partial charge on any atom is 0.255 e. The molecule has 8 nitrogen and oxygen atoms in total. The summed E-state index contributed by atoms with van der Waals surface area (Å²) in [6.45, 7) is 3.77. The van der Waals surface area contributed by atoms with Crippen LogP contribution in [0.1, 0.15) is 25.3 Å². The van der Waals surface area contributed by atoms with E-state index in [1.807, 2.05) is 30.0 Å². The van der Waals surface area contributed by atoms with E-state index in [-0.39, 0.29) is 18.6 Å². The van der Waals surface area contributed by atoms with E-state index in [1.54, 1.807) is 13.1 Å². The van der Waals surface area contributed by atoms with Crippen molar-refractivity contribution in [3.05, 3.63) is 29.8 Å². The van der Waals surface area contributed by atoms with Gasteiger partial charge in [0.2, 0.25) is 5.91 Å². The molecule has 1 heterocycles. The highest BCUT2D eigenvalue weighted by Crippen LogP contribution is 2.13. The number of amides is 2. The van der Waals surface area contributed by atoms with Gasteiger partial charge in [0.25, 0.3) is 5.91 Å². The van der Waals surface area contributed by atoms with Gasteiger partial charge in [0.05, 0.1) is 0 Å². The number of rotatable bonds is 7. The molecule has 0 radical (unpaired) electrons. The van der Waals surface area contributed by atoms with E-state index in [4.69, 9.17) is 10.5 Å². The average Bonchev–Trinajstić information content (AvgIpc) is 3.11. The Morgan fingerprint density at radius 1 is 1.42 bits per heavy atom. The molecular weight excluding hydrogens is 334 g/mol. The second-order valence-corrected chi connectivity index (χ2v) is 6.15. The minimum Gasteiger partial charge on any atom is -0.484 e. The largest absolute Gasteiger partial charge is 0.484 e. The van der Waals surface area contributed by atoms with E-state index in [9.17, 15) is 9.59 Å². The molecule has 1 aliphatic heterocycles. The fraction of sp³-hybridized carbons (Fsp3) is 0.500. The number of nitrogens with two attached hydrogens (primary N) is 1. The number of nitrogens with one attached hydrogen (secondary N) is 2. The van der Waals surface area contributed by atoms with E-state index < -0.39 is 5.91 Å². The van der Waals surface area contributed by atoms with Gasteiger partial charge in [-0.25, -0.2) is 0 Å². The van der Waals surface area contributed by atoms with Crippen molar-refractivity contribution in [2.75, 3.05) is 26.7 Å². The van der Waals surface area contributed by atoms with Gasteiger partial charge in [-0.05, 0) is 24.1 Å². The molecule has 2 amide bonds. The van der Waals surface area contributed by atoms with Crippen LogP contribution in [0.15, 0.2) is 29.3 Å². The molecule has 4 N–H and O–H groups in total. The molecule has 0 spiro atoms. The molecule has 1 aromatic carbocycles. The average molecular weight is 361 g/mol. The fourth-order valence-corrected chi connectivity index (χ4v) is 2.80. The van der Waals surface area contributed by atoms with Crippen LogP contribution in [0, 0.1) is 0 Å². The van der Waals surface area contributed by atoms with E-state index in [2.05, 4.69) is 15.6 Å². The molecule has 2 rings (SSSR count). The van der Waals surface area contributed by atoms with Crippen molar-refractivity contribution in [1.29, 1.82) is 0 Å². The van der Waals surface area contributed by atoms with Gasteiger partial charge in [0.15, 0.2) is 12.6 Å². The smallest absolute Gasteiger partial charge is 0.255 e. The zero-order valence-electron chi connectivity index (χ0n) is 15.3. The predicted molar refractivity (Wildman–Crippen MR) is 99.7 cm³/mol. The number of benzene rings is 1. The Morgan fingerprint density at radius 3 is 2.92 bits per heavy atom. The highest BCUT2D eigenvalue weighted by atomic mass is 16.5. The summed E-state index contributed by atoms with van der Waals surface area (Å²) < 4.78 is 5.31. The standard InChI is InChI=1S/C18H27N5O3/c1-3-17(25)23-8-7-14(11-23)22-18(20-2)21-10-13-5-4-6-15(9-13)26-12-16(19)24/h4-6,9,14H,3,7-8,10-12H2,1-2H3,(H2,19,24)(H2,20,21,22). The first kappa shape index (κ1) is 19.6. The molecule has 0 bridgehead atoms. The molecule has 26 heavy (non-hydrogen) atoms. The molecule has 1 atom stereocenters. The molecule has 0 saturated carbocycles. The van der Waals surface area contributed by atoms with Crippen molar-refractivity contribution >= 4 is 17.8 Å². The SMILES string of the molecule is CCC(=O)N1CCC(NC(=NC)NCc2cccc(OCC(N)=O)c2)C1. The summed E-state index contributed by atoms with van der Waals surface area (Å²) in [7, 11) is 1.71. The maximum atomic E-state index is 11.8. The van der Waals surface area contributed by atoms with Crippen molar-refractivity contribution in [2.24, 2.45) is 10.7 Å². The minimum absolute atomic E-state index is 0.144. The van der Waals surface area contributed by atoms with Gasteiger partial charge in [-0.2, -0.15) is 0 Å². The molecule has 1 fully saturated rings. The van der Waals surface area contributed by atoms with Gasteiger partial charge < -0.3 is 26.0 Å². The predicted octanol–water partition coefficient (Wildman–Crippen LogP) is 0.227. The van der Waals surface area contributed by atoms with Gasteiger partial charge in [0.1, 0.15) is 5.75 Å². The molecule has 142 valence electrons. The first-order valence-corrected chi connectivity index (χ1v) is 8.76. The Labute approximate surface area is 153 Å². The highest BCUT2D eigenvalue weighted by Gasteiger charge is 2.25. The normalized spacial score (nSPS) is 17.1. The molecule has 1 saturated heterocycles. The van der Waals surface area contributed by atoms with Crippen LogP contribution >= 0.6 is 0 Å². The number of hydrogen-bond acceptors (Lipinski definition) is 4. The molecular formula is C18H27N5O3. The van der Waals surface area contributed by atoms with Crippen LogP contribution < -0.4 is 21.1 Å². The Morgan fingerprint density at radius 2 is 2.23 bits per heavy atom. The van der Waals surface area contributed by atoms with Crippen LogP contribution in [0.4, 0.5) is 0 Å². The Balaban J connectivity index is 1.83. The number of nitrogens with zero attached hydrogens (tertiary/aromatic N) is 2. The lowest BCUT2D eigenvalue weighted by Crippen LogP contribution is -2.44. The lowest BCUT2D eigenvalue weighted by Gasteiger charge is -2.19. The van der Waals surface area contributed by atoms with Crippen molar-refractivity contribution < 1.29 is 14.3 Å². The molecule has 0 aliphatic carbocycles. The summed E-state index contributed by atoms with van der Waals surface area (Å²) >= 11 is 0. The summed E-state index contributed by atoms with van der Waals surface area (Å²) in [5, 5.41) is 6.60. The second kappa shape index (κ2) is 9.65. The lowest BCUT2D eigenvalue weighted by atomic mass is 10.2. The first-order chi connectivity index (χ1) is 12.5. The van der Waals surface area contributed by atoms with Gasteiger partial charge in [0, 0.05) is 39.1 Å². The second-order valence-electron chi connectivity index (χ2n) is 6.15. The first-order valence-electron chi connectivity index (χ1n) is 8.76. The van der Waals surface area contributed by atoms with Gasteiger partial charge >= 0.3 is 0 Å². The maximum absolute atomic E-state index is 11.8. The lowest BCUT2D eigenvalue weighted by molar-refractivity contribution is -0.129. The summed E-state index contributed by atoms with van der Waals surface area (Å²) in [6, 6.07) is 7.63. The van der Waals surface area contributed by atoms with Crippen molar-refractivity contribution in [1.82, 2.24) is 15.5 Å². The Hall–Kier alpha value is -2.77. The number of guanidine groups is 1. The van der Waals surface area contributed by atoms with E-state index in [0.29, 0.717) is 31.2 Å². The van der Waals surface area contributed by atoms with Crippen LogP contribution in [-0.2, 0) is 16.1 Å². The van der Waals surface area contributed by atoms with Crippen LogP contribution in [0.2, 0.25) is 0 Å². The van der Waals surface area contributed by atoms with Crippen LogP contribution in [-0.4, -0.2) is 55.5 Å². The van der Waals surface area contributed by atoms with Gasteiger partial charge in [-0.3, -0.25) is 14.6 Å². The van der Waals surface area contributed by atoms with E-state index >= 15 is 0 Å². The topological polar surface area (TPSA) is 109 Å². The van der Waals surface area contributed by atoms with Crippen molar-refractivity contribution in [3.8, 4) is 5.75 Å². The van der Waals surface area contributed by atoms with Crippen LogP contribution in [0.3, 0.4) is 0 Å². The molecule has 1 aliphatic rings. The highest BCUT2D eigenvalue weighted by molar-refractivity contribution is 5.80. The monoisotopic (exact) mass is 361 g/mol. The number of hydrogen-bond donors (Lipinski definition) is 3. The third-order valence-corrected chi connectivity index (χ3v) is 4.15. The zero-order valence-corrected chi connectivity index (χ0v) is 15.3. The molecule has 1 unspecified atom stereocenters.